The first-order valence-electron chi connectivity index (χ1n) is 6.57. The zero-order valence-electron chi connectivity index (χ0n) is 10.2. The first-order chi connectivity index (χ1) is 7.61. The van der Waals surface area contributed by atoms with Gasteiger partial charge in [0.2, 0.25) is 0 Å². The Labute approximate surface area is 97.8 Å². The fourth-order valence-corrected chi connectivity index (χ4v) is 3.26. The molecule has 0 bridgehead atoms. The number of aliphatic carboxylic acids is 1. The Balaban J connectivity index is 1.72. The van der Waals surface area contributed by atoms with E-state index < -0.39 is 5.97 Å². The van der Waals surface area contributed by atoms with Gasteiger partial charge in [-0.2, -0.15) is 0 Å². The fourth-order valence-electron chi connectivity index (χ4n) is 3.26. The SMILES string of the molecule is CC(CCC(=O)O)N1CC2(CCCCC2)C1. The van der Waals surface area contributed by atoms with Crippen LogP contribution in [0.2, 0.25) is 0 Å². The second-order valence-electron chi connectivity index (χ2n) is 5.75. The zero-order chi connectivity index (χ0) is 11.6. The van der Waals surface area contributed by atoms with Gasteiger partial charge in [-0.3, -0.25) is 9.69 Å². The number of carbonyl (C=O) groups is 1. The van der Waals surface area contributed by atoms with Crippen molar-refractivity contribution in [3.63, 3.8) is 0 Å². The van der Waals surface area contributed by atoms with Gasteiger partial charge in [0, 0.05) is 25.6 Å². The second kappa shape index (κ2) is 4.74. The summed E-state index contributed by atoms with van der Waals surface area (Å²) in [4.78, 5) is 13.0. The van der Waals surface area contributed by atoms with E-state index in [2.05, 4.69) is 11.8 Å². The molecular weight excluding hydrogens is 202 g/mol. The molecule has 16 heavy (non-hydrogen) atoms. The quantitative estimate of drug-likeness (QED) is 0.799. The van der Waals surface area contributed by atoms with Gasteiger partial charge in [0.05, 0.1) is 0 Å². The third kappa shape index (κ3) is 2.57. The van der Waals surface area contributed by atoms with Crippen LogP contribution in [0.4, 0.5) is 0 Å². The summed E-state index contributed by atoms with van der Waals surface area (Å²) in [5.74, 6) is -0.667. The van der Waals surface area contributed by atoms with Crippen LogP contribution in [-0.4, -0.2) is 35.1 Å². The summed E-state index contributed by atoms with van der Waals surface area (Å²) in [6.45, 7) is 4.60. The normalized spacial score (nSPS) is 26.3. The Morgan fingerprint density at radius 3 is 2.50 bits per heavy atom. The van der Waals surface area contributed by atoms with Crippen LogP contribution in [0.15, 0.2) is 0 Å². The van der Waals surface area contributed by atoms with Crippen LogP contribution in [0, 0.1) is 5.41 Å². The Morgan fingerprint density at radius 1 is 1.31 bits per heavy atom. The van der Waals surface area contributed by atoms with Gasteiger partial charge in [-0.25, -0.2) is 0 Å². The topological polar surface area (TPSA) is 40.5 Å². The van der Waals surface area contributed by atoms with Gasteiger partial charge in [0.1, 0.15) is 0 Å². The average molecular weight is 225 g/mol. The van der Waals surface area contributed by atoms with Crippen LogP contribution >= 0.6 is 0 Å². The number of nitrogens with zero attached hydrogens (tertiary/aromatic N) is 1. The van der Waals surface area contributed by atoms with E-state index in [9.17, 15) is 4.79 Å². The van der Waals surface area contributed by atoms with Crippen molar-refractivity contribution in [2.24, 2.45) is 5.41 Å². The van der Waals surface area contributed by atoms with Crippen molar-refractivity contribution in [1.29, 1.82) is 0 Å². The average Bonchev–Trinajstić information content (AvgIpc) is 2.23. The van der Waals surface area contributed by atoms with E-state index in [0.717, 1.165) is 6.42 Å². The summed E-state index contributed by atoms with van der Waals surface area (Å²) in [6, 6.07) is 0.448. The van der Waals surface area contributed by atoms with Crippen LogP contribution in [0.1, 0.15) is 51.9 Å². The first-order valence-corrected chi connectivity index (χ1v) is 6.57. The number of hydrogen-bond acceptors (Lipinski definition) is 2. The van der Waals surface area contributed by atoms with Crippen molar-refractivity contribution < 1.29 is 9.90 Å². The Kier molecular flexibility index (Phi) is 3.53. The molecule has 2 rings (SSSR count). The van der Waals surface area contributed by atoms with Crippen molar-refractivity contribution >= 4 is 5.97 Å². The van der Waals surface area contributed by atoms with Crippen LogP contribution in [0.25, 0.3) is 0 Å². The molecule has 0 aromatic carbocycles. The summed E-state index contributed by atoms with van der Waals surface area (Å²) in [5, 5.41) is 8.66. The minimum atomic E-state index is -0.667. The van der Waals surface area contributed by atoms with Crippen LogP contribution in [0.5, 0.6) is 0 Å². The van der Waals surface area contributed by atoms with Crippen LogP contribution in [-0.2, 0) is 4.79 Å². The highest BCUT2D eigenvalue weighted by Gasteiger charge is 2.44. The zero-order valence-corrected chi connectivity index (χ0v) is 10.2. The van der Waals surface area contributed by atoms with E-state index in [-0.39, 0.29) is 0 Å². The largest absolute Gasteiger partial charge is 0.481 e. The minimum Gasteiger partial charge on any atom is -0.481 e. The molecule has 0 aromatic heterocycles. The molecule has 1 aliphatic carbocycles. The highest BCUT2D eigenvalue weighted by atomic mass is 16.4. The molecule has 0 aromatic rings. The molecule has 1 heterocycles. The fraction of sp³-hybridized carbons (Fsp3) is 0.923. The molecule has 0 amide bonds. The van der Waals surface area contributed by atoms with Crippen molar-refractivity contribution in [2.45, 2.75) is 57.9 Å². The predicted octanol–water partition coefficient (Wildman–Crippen LogP) is 2.51. The molecule has 1 unspecified atom stereocenters. The second-order valence-corrected chi connectivity index (χ2v) is 5.75. The van der Waals surface area contributed by atoms with Gasteiger partial charge in [-0.15, -0.1) is 0 Å². The lowest BCUT2D eigenvalue weighted by Gasteiger charge is -2.55. The molecule has 3 heteroatoms. The van der Waals surface area contributed by atoms with Crippen molar-refractivity contribution in [3.05, 3.63) is 0 Å². The van der Waals surface area contributed by atoms with E-state index in [1.807, 2.05) is 0 Å². The molecule has 2 aliphatic rings. The third-order valence-corrected chi connectivity index (χ3v) is 4.39. The van der Waals surface area contributed by atoms with E-state index in [1.54, 1.807) is 0 Å². The van der Waals surface area contributed by atoms with Crippen LogP contribution in [0.3, 0.4) is 0 Å². The molecule has 1 N–H and O–H groups in total. The van der Waals surface area contributed by atoms with Crippen molar-refractivity contribution in [3.8, 4) is 0 Å². The maximum absolute atomic E-state index is 10.5. The van der Waals surface area contributed by atoms with Crippen molar-refractivity contribution in [1.82, 2.24) is 4.90 Å². The molecule has 3 nitrogen and oxygen atoms in total. The molecule has 1 saturated carbocycles. The van der Waals surface area contributed by atoms with E-state index in [4.69, 9.17) is 5.11 Å². The molecular formula is C13H23NO2. The number of rotatable bonds is 4. The van der Waals surface area contributed by atoms with E-state index >= 15 is 0 Å². The Hall–Kier alpha value is -0.570. The standard InChI is InChI=1S/C13H23NO2/c1-11(5-6-12(15)16)14-9-13(10-14)7-3-2-4-8-13/h11H,2-10H2,1H3,(H,15,16). The van der Waals surface area contributed by atoms with Gasteiger partial charge in [0.25, 0.3) is 0 Å². The summed E-state index contributed by atoms with van der Waals surface area (Å²) in [6.07, 6.45) is 8.12. The molecule has 2 fully saturated rings. The number of hydrogen-bond donors (Lipinski definition) is 1. The van der Waals surface area contributed by atoms with Gasteiger partial charge >= 0.3 is 5.97 Å². The van der Waals surface area contributed by atoms with E-state index in [1.165, 1.54) is 45.2 Å². The lowest BCUT2D eigenvalue weighted by Crippen LogP contribution is -2.59. The Bertz CT molecular complexity index is 251. The molecule has 1 aliphatic heterocycles. The summed E-state index contributed by atoms with van der Waals surface area (Å²) >= 11 is 0. The molecule has 0 radical (unpaired) electrons. The lowest BCUT2D eigenvalue weighted by molar-refractivity contribution is -0.137. The number of carboxylic acid groups (broad SMARTS) is 1. The summed E-state index contributed by atoms with van der Waals surface area (Å²) in [5.41, 5.74) is 0.621. The summed E-state index contributed by atoms with van der Waals surface area (Å²) < 4.78 is 0. The third-order valence-electron chi connectivity index (χ3n) is 4.39. The smallest absolute Gasteiger partial charge is 0.303 e. The van der Waals surface area contributed by atoms with E-state index in [0.29, 0.717) is 17.9 Å². The lowest BCUT2D eigenvalue weighted by atomic mass is 9.68. The highest BCUT2D eigenvalue weighted by Crippen LogP contribution is 2.44. The number of carboxylic acids is 1. The minimum absolute atomic E-state index is 0.310. The summed E-state index contributed by atoms with van der Waals surface area (Å²) in [7, 11) is 0. The molecule has 1 spiro atoms. The Morgan fingerprint density at radius 2 is 1.94 bits per heavy atom. The maximum atomic E-state index is 10.5. The first kappa shape index (κ1) is 11.9. The van der Waals surface area contributed by atoms with Gasteiger partial charge in [-0.05, 0) is 31.6 Å². The van der Waals surface area contributed by atoms with Crippen molar-refractivity contribution in [2.75, 3.05) is 13.1 Å². The molecule has 1 saturated heterocycles. The molecule has 92 valence electrons. The van der Waals surface area contributed by atoms with Crippen LogP contribution < -0.4 is 0 Å². The van der Waals surface area contributed by atoms with Gasteiger partial charge < -0.3 is 5.11 Å². The monoisotopic (exact) mass is 225 g/mol. The van der Waals surface area contributed by atoms with Gasteiger partial charge in [-0.1, -0.05) is 19.3 Å². The number of likely N-dealkylation sites (tertiary alicyclic amines) is 1. The molecule has 1 atom stereocenters. The predicted molar refractivity (Wildman–Crippen MR) is 63.4 cm³/mol. The highest BCUT2D eigenvalue weighted by molar-refractivity contribution is 5.66. The maximum Gasteiger partial charge on any atom is 0.303 e. The van der Waals surface area contributed by atoms with Gasteiger partial charge in [0.15, 0.2) is 0 Å².